The Bertz CT molecular complexity index is 274. The van der Waals surface area contributed by atoms with Crippen molar-refractivity contribution in [3.05, 3.63) is 28.8 Å². The molecule has 0 heterocycles. The smallest absolute Gasteiger partial charge is 0.124 e. The maximum absolute atomic E-state index is 5.26. The Labute approximate surface area is 78.9 Å². The molecule has 0 amide bonds. The molecule has 0 saturated heterocycles. The van der Waals surface area contributed by atoms with Crippen molar-refractivity contribution in [1.29, 1.82) is 0 Å². The Morgan fingerprint density at radius 2 is 1.85 bits per heavy atom. The van der Waals surface area contributed by atoms with E-state index in [-0.39, 0.29) is 0 Å². The summed E-state index contributed by atoms with van der Waals surface area (Å²) in [7, 11) is 1.69. The Morgan fingerprint density at radius 1 is 1.31 bits per heavy atom. The molecular weight excluding hydrogens is 164 g/mol. The van der Waals surface area contributed by atoms with E-state index in [0.717, 1.165) is 16.9 Å². The van der Waals surface area contributed by atoms with E-state index in [0.29, 0.717) is 6.54 Å². The van der Waals surface area contributed by atoms with Gasteiger partial charge in [-0.25, -0.2) is 0 Å². The molecule has 0 aliphatic heterocycles. The molecule has 0 aliphatic rings. The van der Waals surface area contributed by atoms with Crippen molar-refractivity contribution in [2.75, 3.05) is 7.11 Å². The minimum Gasteiger partial charge on any atom is -0.496 e. The summed E-state index contributed by atoms with van der Waals surface area (Å²) in [6.07, 6.45) is 0. The molecule has 0 aliphatic carbocycles. The topological polar surface area (TPSA) is 47.3 Å². The Balaban J connectivity index is 3.05. The number of aryl methyl sites for hydroxylation is 2. The molecule has 0 bridgehead atoms. The maximum atomic E-state index is 5.26. The van der Waals surface area contributed by atoms with Gasteiger partial charge in [0.05, 0.1) is 7.11 Å². The van der Waals surface area contributed by atoms with Gasteiger partial charge in [0.1, 0.15) is 5.75 Å². The van der Waals surface area contributed by atoms with E-state index < -0.39 is 0 Å². The van der Waals surface area contributed by atoms with E-state index in [9.17, 15) is 0 Å². The molecule has 1 aromatic carbocycles. The quantitative estimate of drug-likeness (QED) is 0.544. The van der Waals surface area contributed by atoms with Crippen LogP contribution in [-0.2, 0) is 6.54 Å². The lowest BCUT2D eigenvalue weighted by Gasteiger charge is -2.10. The van der Waals surface area contributed by atoms with Crippen LogP contribution < -0.4 is 16.0 Å². The summed E-state index contributed by atoms with van der Waals surface area (Å²) in [5.41, 5.74) is 6.11. The summed E-state index contributed by atoms with van der Waals surface area (Å²) in [4.78, 5) is 0. The minimum absolute atomic E-state index is 0.686. The van der Waals surface area contributed by atoms with Gasteiger partial charge >= 0.3 is 0 Å². The van der Waals surface area contributed by atoms with E-state index in [2.05, 4.69) is 17.6 Å². The minimum atomic E-state index is 0.686. The van der Waals surface area contributed by atoms with E-state index >= 15 is 0 Å². The van der Waals surface area contributed by atoms with Crippen molar-refractivity contribution in [2.24, 2.45) is 5.84 Å². The molecule has 0 spiro atoms. The van der Waals surface area contributed by atoms with Gasteiger partial charge in [0.2, 0.25) is 0 Å². The lowest BCUT2D eigenvalue weighted by molar-refractivity contribution is 0.408. The Kier molecular flexibility index (Phi) is 3.28. The molecule has 0 saturated carbocycles. The Morgan fingerprint density at radius 3 is 2.23 bits per heavy atom. The molecule has 0 radical (unpaired) electrons. The molecule has 0 unspecified atom stereocenters. The average Bonchev–Trinajstić information content (AvgIpc) is 2.04. The predicted molar refractivity (Wildman–Crippen MR) is 53.5 cm³/mol. The van der Waals surface area contributed by atoms with Crippen LogP contribution in [0.25, 0.3) is 0 Å². The molecule has 13 heavy (non-hydrogen) atoms. The molecule has 1 rings (SSSR count). The molecule has 0 atom stereocenters. The second kappa shape index (κ2) is 4.25. The lowest BCUT2D eigenvalue weighted by Crippen LogP contribution is -2.20. The third kappa shape index (κ3) is 2.20. The van der Waals surface area contributed by atoms with Crippen molar-refractivity contribution in [1.82, 2.24) is 5.43 Å². The van der Waals surface area contributed by atoms with Gasteiger partial charge in [-0.2, -0.15) is 0 Å². The van der Waals surface area contributed by atoms with Gasteiger partial charge in [0.15, 0.2) is 0 Å². The predicted octanol–water partition coefficient (Wildman–Crippen LogP) is 1.28. The van der Waals surface area contributed by atoms with Gasteiger partial charge in [-0.1, -0.05) is 12.1 Å². The first-order chi connectivity index (χ1) is 6.19. The van der Waals surface area contributed by atoms with Crippen LogP contribution >= 0.6 is 0 Å². The number of rotatable bonds is 3. The molecule has 1 aromatic rings. The molecule has 3 N–H and O–H groups in total. The van der Waals surface area contributed by atoms with Crippen molar-refractivity contribution in [3.63, 3.8) is 0 Å². The fraction of sp³-hybridized carbons (Fsp3) is 0.400. The standard InChI is InChI=1S/C10H16N2O/c1-7-4-9(6-12-11)5-8(2)10(7)13-3/h4-5,12H,6,11H2,1-3H3. The van der Waals surface area contributed by atoms with Gasteiger partial charge in [0, 0.05) is 6.54 Å². The molecular formula is C10H16N2O. The fourth-order valence-corrected chi connectivity index (χ4v) is 1.58. The van der Waals surface area contributed by atoms with Crippen LogP contribution in [-0.4, -0.2) is 7.11 Å². The molecule has 0 fully saturated rings. The van der Waals surface area contributed by atoms with E-state index in [1.165, 1.54) is 5.56 Å². The molecule has 72 valence electrons. The highest BCUT2D eigenvalue weighted by atomic mass is 16.5. The highest BCUT2D eigenvalue weighted by molar-refractivity contribution is 5.43. The van der Waals surface area contributed by atoms with Crippen molar-refractivity contribution in [2.45, 2.75) is 20.4 Å². The van der Waals surface area contributed by atoms with Crippen LogP contribution in [0.5, 0.6) is 5.75 Å². The number of nitrogens with one attached hydrogen (secondary N) is 1. The summed E-state index contributed by atoms with van der Waals surface area (Å²) in [6, 6.07) is 4.15. The van der Waals surface area contributed by atoms with Gasteiger partial charge in [-0.15, -0.1) is 0 Å². The van der Waals surface area contributed by atoms with Crippen LogP contribution in [0.3, 0.4) is 0 Å². The van der Waals surface area contributed by atoms with E-state index in [1.54, 1.807) is 7.11 Å². The third-order valence-corrected chi connectivity index (χ3v) is 2.03. The van der Waals surface area contributed by atoms with Gasteiger partial charge in [-0.05, 0) is 30.5 Å². The zero-order valence-corrected chi connectivity index (χ0v) is 8.35. The second-order valence-corrected chi connectivity index (χ2v) is 3.14. The monoisotopic (exact) mass is 180 g/mol. The number of nitrogens with two attached hydrogens (primary N) is 1. The number of benzene rings is 1. The highest BCUT2D eigenvalue weighted by Gasteiger charge is 2.03. The molecule has 3 heteroatoms. The zero-order valence-electron chi connectivity index (χ0n) is 8.35. The van der Waals surface area contributed by atoms with Crippen LogP contribution in [0.1, 0.15) is 16.7 Å². The summed E-state index contributed by atoms with van der Waals surface area (Å²) in [5.74, 6) is 6.21. The first-order valence-electron chi connectivity index (χ1n) is 4.26. The maximum Gasteiger partial charge on any atom is 0.124 e. The van der Waals surface area contributed by atoms with Crippen LogP contribution in [0.2, 0.25) is 0 Å². The van der Waals surface area contributed by atoms with Crippen molar-refractivity contribution in [3.8, 4) is 5.75 Å². The zero-order chi connectivity index (χ0) is 9.84. The highest BCUT2D eigenvalue weighted by Crippen LogP contribution is 2.23. The normalized spacial score (nSPS) is 10.2. The number of hydrazine groups is 1. The number of hydrogen-bond acceptors (Lipinski definition) is 3. The van der Waals surface area contributed by atoms with E-state index in [4.69, 9.17) is 10.6 Å². The van der Waals surface area contributed by atoms with Crippen molar-refractivity contribution >= 4 is 0 Å². The summed E-state index contributed by atoms with van der Waals surface area (Å²) in [5, 5.41) is 0. The van der Waals surface area contributed by atoms with Gasteiger partial charge < -0.3 is 4.74 Å². The van der Waals surface area contributed by atoms with Crippen LogP contribution in [0, 0.1) is 13.8 Å². The first kappa shape index (κ1) is 10.0. The van der Waals surface area contributed by atoms with Gasteiger partial charge in [0.25, 0.3) is 0 Å². The number of ether oxygens (including phenoxy) is 1. The molecule has 3 nitrogen and oxygen atoms in total. The van der Waals surface area contributed by atoms with Gasteiger partial charge in [-0.3, -0.25) is 11.3 Å². The first-order valence-corrected chi connectivity index (χ1v) is 4.26. The largest absolute Gasteiger partial charge is 0.496 e. The summed E-state index contributed by atoms with van der Waals surface area (Å²) in [6.45, 7) is 4.75. The third-order valence-electron chi connectivity index (χ3n) is 2.03. The average molecular weight is 180 g/mol. The number of hydrogen-bond donors (Lipinski definition) is 2. The molecule has 0 aromatic heterocycles. The summed E-state index contributed by atoms with van der Waals surface area (Å²) < 4.78 is 5.26. The Hall–Kier alpha value is -1.06. The van der Waals surface area contributed by atoms with E-state index in [1.807, 2.05) is 13.8 Å². The fourth-order valence-electron chi connectivity index (χ4n) is 1.58. The summed E-state index contributed by atoms with van der Waals surface area (Å²) >= 11 is 0. The van der Waals surface area contributed by atoms with Crippen LogP contribution in [0.15, 0.2) is 12.1 Å². The lowest BCUT2D eigenvalue weighted by atomic mass is 10.1. The SMILES string of the molecule is COc1c(C)cc(CNN)cc1C. The van der Waals surface area contributed by atoms with Crippen LogP contribution in [0.4, 0.5) is 0 Å². The van der Waals surface area contributed by atoms with Crippen molar-refractivity contribution < 1.29 is 4.74 Å². The number of methoxy groups -OCH3 is 1. The second-order valence-electron chi connectivity index (χ2n) is 3.14.